The van der Waals surface area contributed by atoms with E-state index in [-0.39, 0.29) is 24.3 Å². The number of nitrogens with one attached hydrogen (secondary N) is 2. The first-order chi connectivity index (χ1) is 15.5. The van der Waals surface area contributed by atoms with E-state index in [0.29, 0.717) is 23.9 Å². The van der Waals surface area contributed by atoms with Gasteiger partial charge in [0.25, 0.3) is 5.91 Å². The molecule has 2 aromatic carbocycles. The molecule has 1 heterocycles. The smallest absolute Gasteiger partial charge is 0.261 e. The Balaban J connectivity index is 1.73. The van der Waals surface area contributed by atoms with Crippen molar-refractivity contribution in [3.63, 3.8) is 0 Å². The highest BCUT2D eigenvalue weighted by atomic mass is 32.1. The first-order valence-corrected chi connectivity index (χ1v) is 10.9. The van der Waals surface area contributed by atoms with E-state index in [9.17, 15) is 9.18 Å². The van der Waals surface area contributed by atoms with E-state index in [0.717, 1.165) is 16.8 Å². The Hall–Kier alpha value is -3.10. The van der Waals surface area contributed by atoms with E-state index in [4.69, 9.17) is 10.5 Å². The predicted octanol–water partition coefficient (Wildman–Crippen LogP) is 3.64. The van der Waals surface area contributed by atoms with Crippen LogP contribution in [-0.4, -0.2) is 35.3 Å². The van der Waals surface area contributed by atoms with Gasteiger partial charge in [0.1, 0.15) is 5.82 Å². The van der Waals surface area contributed by atoms with Gasteiger partial charge in [-0.3, -0.25) is 4.79 Å². The number of nitrogens with two attached hydrogens (primary N) is 1. The monoisotopic (exact) mass is 454 g/mol. The van der Waals surface area contributed by atoms with Crippen LogP contribution in [0.5, 0.6) is 5.88 Å². The number of amides is 1. The number of aromatic nitrogens is 1. The number of halogens is 1. The molecule has 0 spiro atoms. The summed E-state index contributed by atoms with van der Waals surface area (Å²) in [5.74, 6) is 0.209. The van der Waals surface area contributed by atoms with Gasteiger partial charge in [0.05, 0.1) is 11.4 Å². The zero-order valence-electron chi connectivity index (χ0n) is 17.8. The van der Waals surface area contributed by atoms with Crippen LogP contribution in [0.2, 0.25) is 0 Å². The molecule has 4 N–H and O–H groups in total. The van der Waals surface area contributed by atoms with Crippen LogP contribution in [0.15, 0.2) is 66.7 Å². The quantitative estimate of drug-likeness (QED) is 0.351. The second-order valence-corrected chi connectivity index (χ2v) is 7.71. The van der Waals surface area contributed by atoms with Crippen molar-refractivity contribution in [2.45, 2.75) is 25.6 Å². The lowest BCUT2D eigenvalue weighted by molar-refractivity contribution is -0.127. The fourth-order valence-electron chi connectivity index (χ4n) is 2.90. The summed E-state index contributed by atoms with van der Waals surface area (Å²) in [4.78, 5) is 17.2. The van der Waals surface area contributed by atoms with Crippen molar-refractivity contribution in [1.29, 1.82) is 0 Å². The molecule has 0 aliphatic rings. The molecule has 0 fully saturated rings. The zero-order valence-corrected chi connectivity index (χ0v) is 18.7. The third-order valence-electron chi connectivity index (χ3n) is 4.76. The summed E-state index contributed by atoms with van der Waals surface area (Å²) in [6.07, 6.45) is -0.798. The Labute approximate surface area is 192 Å². The SMILES string of the molecule is CC(Oc1nc(-c2ccccc2)ccc1NCC(N)CS)C(=O)NCc1ccc(F)cc1. The number of nitrogens with zero attached hydrogens (tertiary/aromatic N) is 1. The van der Waals surface area contributed by atoms with Crippen molar-refractivity contribution in [3.8, 4) is 17.1 Å². The van der Waals surface area contributed by atoms with E-state index in [1.165, 1.54) is 12.1 Å². The molecule has 3 rings (SSSR count). The summed E-state index contributed by atoms with van der Waals surface area (Å²) < 4.78 is 19.0. The first-order valence-electron chi connectivity index (χ1n) is 10.3. The number of carbonyl (C=O) groups is 1. The third-order valence-corrected chi connectivity index (χ3v) is 5.23. The molecule has 1 amide bonds. The summed E-state index contributed by atoms with van der Waals surface area (Å²) in [5, 5.41) is 6.02. The Kier molecular flexibility index (Phi) is 8.47. The van der Waals surface area contributed by atoms with Crippen molar-refractivity contribution >= 4 is 24.2 Å². The van der Waals surface area contributed by atoms with E-state index in [1.807, 2.05) is 42.5 Å². The Morgan fingerprint density at radius 2 is 1.84 bits per heavy atom. The Morgan fingerprint density at radius 1 is 1.12 bits per heavy atom. The maximum atomic E-state index is 13.1. The maximum Gasteiger partial charge on any atom is 0.261 e. The summed E-state index contributed by atoms with van der Waals surface area (Å²) in [5.41, 5.74) is 9.05. The highest BCUT2D eigenvalue weighted by Crippen LogP contribution is 2.28. The number of ether oxygens (including phenoxy) is 1. The standard InChI is InChI=1S/C24H27FN4O2S/c1-16(23(30)28-13-17-7-9-19(25)10-8-17)31-24-22(27-14-20(26)15-32)12-11-21(29-24)18-5-3-2-4-6-18/h2-12,16,20,27,32H,13-15,26H2,1H3,(H,28,30). The van der Waals surface area contributed by atoms with Crippen LogP contribution in [0.1, 0.15) is 12.5 Å². The van der Waals surface area contributed by atoms with Gasteiger partial charge in [-0.05, 0) is 36.8 Å². The lowest BCUT2D eigenvalue weighted by atomic mass is 10.1. The summed E-state index contributed by atoms with van der Waals surface area (Å²) in [6, 6.07) is 19.3. The molecule has 2 unspecified atom stereocenters. The topological polar surface area (TPSA) is 89.3 Å². The maximum absolute atomic E-state index is 13.1. The summed E-state index contributed by atoms with van der Waals surface area (Å²) in [6.45, 7) is 2.41. The van der Waals surface area contributed by atoms with Crippen molar-refractivity contribution in [2.24, 2.45) is 5.73 Å². The number of thiol groups is 1. The van der Waals surface area contributed by atoms with E-state index < -0.39 is 6.10 Å². The summed E-state index contributed by atoms with van der Waals surface area (Å²) in [7, 11) is 0. The molecule has 0 radical (unpaired) electrons. The minimum atomic E-state index is -0.798. The number of hydrogen-bond donors (Lipinski definition) is 4. The van der Waals surface area contributed by atoms with Crippen LogP contribution in [0, 0.1) is 5.82 Å². The largest absolute Gasteiger partial charge is 0.463 e. The van der Waals surface area contributed by atoms with Crippen LogP contribution in [0.25, 0.3) is 11.3 Å². The summed E-state index contributed by atoms with van der Waals surface area (Å²) >= 11 is 4.21. The van der Waals surface area contributed by atoms with Crippen LogP contribution in [0.4, 0.5) is 10.1 Å². The predicted molar refractivity (Wildman–Crippen MR) is 128 cm³/mol. The molecule has 0 saturated heterocycles. The Morgan fingerprint density at radius 3 is 2.53 bits per heavy atom. The van der Waals surface area contributed by atoms with E-state index >= 15 is 0 Å². The number of rotatable bonds is 10. The molecule has 0 bridgehead atoms. The molecule has 1 aromatic heterocycles. The second kappa shape index (κ2) is 11.5. The van der Waals surface area contributed by atoms with Crippen LogP contribution in [-0.2, 0) is 11.3 Å². The third kappa shape index (κ3) is 6.70. The molecule has 8 heteroatoms. The number of anilines is 1. The highest BCUT2D eigenvalue weighted by molar-refractivity contribution is 7.80. The molecule has 0 aliphatic carbocycles. The van der Waals surface area contributed by atoms with E-state index in [2.05, 4.69) is 28.2 Å². The first kappa shape index (κ1) is 23.6. The lowest BCUT2D eigenvalue weighted by Gasteiger charge is -2.19. The van der Waals surface area contributed by atoms with Crippen LogP contribution in [0.3, 0.4) is 0 Å². The number of benzene rings is 2. The lowest BCUT2D eigenvalue weighted by Crippen LogP contribution is -2.36. The number of hydrogen-bond acceptors (Lipinski definition) is 6. The molecule has 2 atom stereocenters. The van der Waals surface area contributed by atoms with Crippen molar-refractivity contribution in [1.82, 2.24) is 10.3 Å². The molecular weight excluding hydrogens is 427 g/mol. The Bertz CT molecular complexity index is 1020. The fourth-order valence-corrected chi connectivity index (χ4v) is 3.03. The van der Waals surface area contributed by atoms with Gasteiger partial charge in [0.15, 0.2) is 6.10 Å². The molecule has 0 aliphatic heterocycles. The van der Waals surface area contributed by atoms with Crippen molar-refractivity contribution in [3.05, 3.63) is 78.1 Å². The molecule has 6 nitrogen and oxygen atoms in total. The average molecular weight is 455 g/mol. The van der Waals surface area contributed by atoms with Gasteiger partial charge in [-0.1, -0.05) is 42.5 Å². The normalized spacial score (nSPS) is 12.6. The molecule has 32 heavy (non-hydrogen) atoms. The van der Waals surface area contributed by atoms with Gasteiger partial charge in [0.2, 0.25) is 5.88 Å². The zero-order chi connectivity index (χ0) is 22.9. The van der Waals surface area contributed by atoms with Gasteiger partial charge in [0, 0.05) is 30.4 Å². The van der Waals surface area contributed by atoms with Gasteiger partial charge in [-0.15, -0.1) is 0 Å². The van der Waals surface area contributed by atoms with Crippen LogP contribution >= 0.6 is 12.6 Å². The molecular formula is C24H27FN4O2S. The average Bonchev–Trinajstić information content (AvgIpc) is 2.82. The van der Waals surface area contributed by atoms with Crippen molar-refractivity contribution < 1.29 is 13.9 Å². The minimum absolute atomic E-state index is 0.142. The minimum Gasteiger partial charge on any atom is -0.463 e. The second-order valence-electron chi connectivity index (χ2n) is 7.34. The van der Waals surface area contributed by atoms with Crippen molar-refractivity contribution in [2.75, 3.05) is 17.6 Å². The van der Waals surface area contributed by atoms with Gasteiger partial charge in [-0.2, -0.15) is 12.6 Å². The number of pyridine rings is 1. The molecule has 0 saturated carbocycles. The fraction of sp³-hybridized carbons (Fsp3) is 0.250. The number of carbonyl (C=O) groups excluding carboxylic acids is 1. The van der Waals surface area contributed by atoms with Gasteiger partial charge < -0.3 is 21.1 Å². The molecule has 168 valence electrons. The highest BCUT2D eigenvalue weighted by Gasteiger charge is 2.18. The van der Waals surface area contributed by atoms with Gasteiger partial charge >= 0.3 is 0 Å². The van der Waals surface area contributed by atoms with E-state index in [1.54, 1.807) is 19.1 Å². The van der Waals surface area contributed by atoms with Gasteiger partial charge in [-0.25, -0.2) is 9.37 Å². The molecule has 3 aromatic rings. The van der Waals surface area contributed by atoms with Crippen LogP contribution < -0.4 is 21.1 Å².